The number of nitrogens with zero attached hydrogens (tertiary/aromatic N) is 3. The Morgan fingerprint density at radius 3 is 2.82 bits per heavy atom. The van der Waals surface area contributed by atoms with Crippen molar-refractivity contribution in [2.24, 2.45) is 0 Å². The average molecular weight is 232 g/mol. The Hall–Kier alpha value is -2.37. The minimum absolute atomic E-state index is 0.217. The van der Waals surface area contributed by atoms with Gasteiger partial charge in [-0.2, -0.15) is 0 Å². The van der Waals surface area contributed by atoms with Crippen molar-refractivity contribution < 1.29 is 4.74 Å². The summed E-state index contributed by atoms with van der Waals surface area (Å²) in [5.41, 5.74) is 6.18. The number of aromatic nitrogens is 3. The van der Waals surface area contributed by atoms with Crippen molar-refractivity contribution in [3.8, 4) is 5.88 Å². The summed E-state index contributed by atoms with van der Waals surface area (Å²) in [6, 6.07) is 6.73. The Bertz CT molecular complexity index is 562. The summed E-state index contributed by atoms with van der Waals surface area (Å²) in [6.07, 6.45) is 1.66. The van der Waals surface area contributed by atoms with Crippen molar-refractivity contribution in [1.82, 2.24) is 14.8 Å². The van der Waals surface area contributed by atoms with Gasteiger partial charge in [0.25, 0.3) is 5.56 Å². The van der Waals surface area contributed by atoms with Crippen LogP contribution in [0.3, 0.4) is 0 Å². The second kappa shape index (κ2) is 4.65. The van der Waals surface area contributed by atoms with Crippen LogP contribution in [0.25, 0.3) is 0 Å². The molecule has 0 unspecified atom stereocenters. The third-order valence-corrected chi connectivity index (χ3v) is 2.29. The Morgan fingerprint density at radius 2 is 2.18 bits per heavy atom. The van der Waals surface area contributed by atoms with Crippen LogP contribution >= 0.6 is 0 Å². The largest absolute Gasteiger partial charge is 0.480 e. The minimum Gasteiger partial charge on any atom is -0.480 e. The molecule has 2 N–H and O–H groups in total. The molecule has 88 valence electrons. The molecule has 0 radical (unpaired) electrons. The third-order valence-electron chi connectivity index (χ3n) is 2.29. The topological polar surface area (TPSA) is 83.0 Å². The van der Waals surface area contributed by atoms with Gasteiger partial charge >= 0.3 is 0 Å². The molecule has 6 nitrogen and oxygen atoms in total. The first-order valence-electron chi connectivity index (χ1n) is 5.02. The zero-order valence-electron chi connectivity index (χ0n) is 9.33. The number of ether oxygens (including phenoxy) is 1. The summed E-state index contributed by atoms with van der Waals surface area (Å²) in [5.74, 6) is 0.439. The maximum Gasteiger partial charge on any atom is 0.274 e. The highest BCUT2D eigenvalue weighted by molar-refractivity contribution is 5.33. The molecule has 0 bridgehead atoms. The molecule has 0 fully saturated rings. The van der Waals surface area contributed by atoms with E-state index in [1.165, 1.54) is 11.7 Å². The SMILES string of the molecule is COc1ccc(Cn2cccc(N)c2=O)nn1. The molecule has 2 rings (SSSR count). The molecule has 0 amide bonds. The van der Waals surface area contributed by atoms with Gasteiger partial charge in [-0.25, -0.2) is 0 Å². The summed E-state index contributed by atoms with van der Waals surface area (Å²) < 4.78 is 6.38. The van der Waals surface area contributed by atoms with Crippen LogP contribution < -0.4 is 16.0 Å². The molecule has 0 aliphatic rings. The summed E-state index contributed by atoms with van der Waals surface area (Å²) in [4.78, 5) is 11.7. The molecule has 0 saturated carbocycles. The van der Waals surface area contributed by atoms with Gasteiger partial charge in [0.15, 0.2) is 0 Å². The fraction of sp³-hybridized carbons (Fsp3) is 0.182. The first kappa shape index (κ1) is 11.1. The van der Waals surface area contributed by atoms with Crippen LogP contribution in [0.5, 0.6) is 5.88 Å². The maximum absolute atomic E-state index is 11.7. The highest BCUT2D eigenvalue weighted by Gasteiger charge is 2.02. The van der Waals surface area contributed by atoms with E-state index in [2.05, 4.69) is 10.2 Å². The van der Waals surface area contributed by atoms with Gasteiger partial charge in [-0.3, -0.25) is 4.79 Å². The predicted molar refractivity (Wildman–Crippen MR) is 62.8 cm³/mol. The normalized spacial score (nSPS) is 10.2. The lowest BCUT2D eigenvalue weighted by molar-refractivity contribution is 0.391. The Kier molecular flexibility index (Phi) is 3.04. The van der Waals surface area contributed by atoms with Crippen LogP contribution in [-0.4, -0.2) is 21.9 Å². The molecule has 2 aromatic rings. The molecule has 0 aliphatic heterocycles. The monoisotopic (exact) mass is 232 g/mol. The van der Waals surface area contributed by atoms with Gasteiger partial charge in [-0.15, -0.1) is 10.2 Å². The lowest BCUT2D eigenvalue weighted by atomic mass is 10.3. The molecule has 0 spiro atoms. The first-order valence-corrected chi connectivity index (χ1v) is 5.02. The smallest absolute Gasteiger partial charge is 0.274 e. The highest BCUT2D eigenvalue weighted by Crippen LogP contribution is 2.04. The van der Waals surface area contributed by atoms with Gasteiger partial charge in [0.05, 0.1) is 25.0 Å². The van der Waals surface area contributed by atoms with Crippen LogP contribution in [0, 0.1) is 0 Å². The van der Waals surface area contributed by atoms with Crippen LogP contribution in [0.4, 0.5) is 5.69 Å². The highest BCUT2D eigenvalue weighted by atomic mass is 16.5. The number of nitrogen functional groups attached to an aromatic ring is 1. The molecular formula is C11H12N4O2. The molecule has 2 heterocycles. The Balaban J connectivity index is 2.25. The van der Waals surface area contributed by atoms with Crippen molar-refractivity contribution in [2.45, 2.75) is 6.54 Å². The summed E-state index contributed by atoms with van der Waals surface area (Å²) >= 11 is 0. The van der Waals surface area contributed by atoms with Crippen LogP contribution in [0.1, 0.15) is 5.69 Å². The zero-order valence-corrected chi connectivity index (χ0v) is 9.33. The standard InChI is InChI=1S/C11H12N4O2/c1-17-10-5-4-8(13-14-10)7-15-6-2-3-9(12)11(15)16/h2-6H,7,12H2,1H3. The fourth-order valence-electron chi connectivity index (χ4n) is 1.40. The van der Waals surface area contributed by atoms with E-state index in [4.69, 9.17) is 10.5 Å². The van der Waals surface area contributed by atoms with Crippen LogP contribution in [0.2, 0.25) is 0 Å². The Labute approximate surface area is 97.7 Å². The van der Waals surface area contributed by atoms with E-state index < -0.39 is 0 Å². The quantitative estimate of drug-likeness (QED) is 0.821. The minimum atomic E-state index is -0.231. The second-order valence-corrected chi connectivity index (χ2v) is 3.46. The molecule has 17 heavy (non-hydrogen) atoms. The van der Waals surface area contributed by atoms with E-state index in [1.54, 1.807) is 30.5 Å². The molecule has 0 aromatic carbocycles. The van der Waals surface area contributed by atoms with Gasteiger partial charge in [0.2, 0.25) is 5.88 Å². The Morgan fingerprint density at radius 1 is 1.35 bits per heavy atom. The first-order chi connectivity index (χ1) is 8.20. The van der Waals surface area contributed by atoms with Crippen LogP contribution in [-0.2, 0) is 6.54 Å². The van der Waals surface area contributed by atoms with Gasteiger partial charge in [0, 0.05) is 12.3 Å². The zero-order chi connectivity index (χ0) is 12.3. The van der Waals surface area contributed by atoms with E-state index >= 15 is 0 Å². The summed E-state index contributed by atoms with van der Waals surface area (Å²) in [7, 11) is 1.52. The molecular weight excluding hydrogens is 220 g/mol. The number of hydrogen-bond acceptors (Lipinski definition) is 5. The lowest BCUT2D eigenvalue weighted by Crippen LogP contribution is -2.22. The summed E-state index contributed by atoms with van der Waals surface area (Å²) in [6.45, 7) is 0.334. The number of pyridine rings is 1. The average Bonchev–Trinajstić information content (AvgIpc) is 2.36. The predicted octanol–water partition coefficient (Wildman–Crippen LogP) is 0.277. The third kappa shape index (κ3) is 2.41. The molecule has 2 aromatic heterocycles. The van der Waals surface area contributed by atoms with E-state index in [0.29, 0.717) is 18.1 Å². The van der Waals surface area contributed by atoms with Gasteiger partial charge < -0.3 is 15.0 Å². The van der Waals surface area contributed by atoms with Gasteiger partial charge in [-0.1, -0.05) is 0 Å². The van der Waals surface area contributed by atoms with Crippen molar-refractivity contribution in [2.75, 3.05) is 12.8 Å². The number of methoxy groups -OCH3 is 1. The number of nitrogens with two attached hydrogens (primary N) is 1. The number of rotatable bonds is 3. The van der Waals surface area contributed by atoms with Gasteiger partial charge in [-0.05, 0) is 18.2 Å². The van der Waals surface area contributed by atoms with Crippen LogP contribution in [0.15, 0.2) is 35.3 Å². The van der Waals surface area contributed by atoms with E-state index in [9.17, 15) is 4.79 Å². The summed E-state index contributed by atoms with van der Waals surface area (Å²) in [5, 5.41) is 7.77. The van der Waals surface area contributed by atoms with Crippen molar-refractivity contribution in [1.29, 1.82) is 0 Å². The molecule has 0 atom stereocenters. The lowest BCUT2D eigenvalue weighted by Gasteiger charge is -2.05. The molecule has 0 saturated heterocycles. The van der Waals surface area contributed by atoms with E-state index in [1.807, 2.05) is 0 Å². The van der Waals surface area contributed by atoms with Crippen molar-refractivity contribution in [3.63, 3.8) is 0 Å². The van der Waals surface area contributed by atoms with E-state index in [-0.39, 0.29) is 11.2 Å². The van der Waals surface area contributed by atoms with E-state index in [0.717, 1.165) is 0 Å². The molecule has 6 heteroatoms. The second-order valence-electron chi connectivity index (χ2n) is 3.46. The molecule has 0 aliphatic carbocycles. The van der Waals surface area contributed by atoms with Crippen molar-refractivity contribution in [3.05, 3.63) is 46.5 Å². The fourth-order valence-corrected chi connectivity index (χ4v) is 1.40. The maximum atomic E-state index is 11.7. The van der Waals surface area contributed by atoms with Gasteiger partial charge in [0.1, 0.15) is 0 Å². The number of anilines is 1. The van der Waals surface area contributed by atoms with Crippen molar-refractivity contribution >= 4 is 5.69 Å². The number of hydrogen-bond donors (Lipinski definition) is 1.